The Morgan fingerprint density at radius 1 is 0.380 bits per heavy atom. The average molecular weight is 715 g/mol. The van der Waals surface area contributed by atoms with Crippen LogP contribution < -0.4 is 18.9 Å². The van der Waals surface area contributed by atoms with Crippen LogP contribution in [0.15, 0.2) is 84.9 Å². The maximum Gasteiger partial charge on any atom is 0.161 e. The first-order chi connectivity index (χ1) is 24.8. The summed E-state index contributed by atoms with van der Waals surface area (Å²) in [6, 6.07) is 28.0. The molecule has 4 aromatic carbocycles. The number of rotatable bonds is 2. The Morgan fingerprint density at radius 2 is 0.740 bits per heavy atom. The van der Waals surface area contributed by atoms with Crippen molar-refractivity contribution in [3.8, 4) is 44.1 Å². The van der Waals surface area contributed by atoms with E-state index in [0.29, 0.717) is 102 Å². The first-order valence-corrected chi connectivity index (χ1v) is 18.3. The van der Waals surface area contributed by atoms with Crippen molar-refractivity contribution in [2.75, 3.05) is 79.3 Å². The highest BCUT2D eigenvalue weighted by Gasteiger charge is 2.14. The molecule has 50 heavy (non-hydrogen) atoms. The Balaban J connectivity index is 0.959. The molecule has 2 aromatic heterocycles. The summed E-state index contributed by atoms with van der Waals surface area (Å²) >= 11 is 3.29. The lowest BCUT2D eigenvalue weighted by atomic mass is 10.2. The third kappa shape index (κ3) is 9.08. The number of benzene rings is 4. The molecule has 0 aliphatic carbocycles. The first-order valence-electron chi connectivity index (χ1n) is 16.6. The number of thiazole rings is 2. The van der Waals surface area contributed by atoms with Crippen molar-refractivity contribution < 1.29 is 37.9 Å². The lowest BCUT2D eigenvalue weighted by Gasteiger charge is -2.15. The molecule has 10 nitrogen and oxygen atoms in total. The molecule has 0 fully saturated rings. The van der Waals surface area contributed by atoms with Gasteiger partial charge in [0, 0.05) is 11.1 Å². The van der Waals surface area contributed by atoms with Crippen LogP contribution in [0.4, 0.5) is 0 Å². The van der Waals surface area contributed by atoms with Gasteiger partial charge in [-0.25, -0.2) is 9.97 Å². The molecule has 0 saturated carbocycles. The van der Waals surface area contributed by atoms with Crippen LogP contribution in [0, 0.1) is 0 Å². The SMILES string of the molecule is c1ccc2sc(-c3ccc4c(c3)OCCOCCOCCOc3cc(-c5nc6ccccc6s5)ccc3OCCOCCOCCO4)nc2c1. The number of hydrogen-bond donors (Lipinski definition) is 0. The van der Waals surface area contributed by atoms with Crippen molar-refractivity contribution >= 4 is 43.1 Å². The van der Waals surface area contributed by atoms with Crippen LogP contribution in [-0.2, 0) is 18.9 Å². The fourth-order valence-corrected chi connectivity index (χ4v) is 7.15. The second kappa shape index (κ2) is 17.6. The van der Waals surface area contributed by atoms with Gasteiger partial charge >= 0.3 is 0 Å². The average Bonchev–Trinajstić information content (AvgIpc) is 3.78. The van der Waals surface area contributed by atoms with E-state index in [-0.39, 0.29) is 0 Å². The number of hydrogen-bond acceptors (Lipinski definition) is 12. The zero-order valence-corrected chi connectivity index (χ0v) is 29.2. The predicted octanol–water partition coefficient (Wildman–Crippen LogP) is 7.54. The molecule has 0 radical (unpaired) electrons. The number of fused-ring (bicyclic) bond motifs is 4. The minimum absolute atomic E-state index is 0.352. The molecule has 12 heteroatoms. The van der Waals surface area contributed by atoms with E-state index in [2.05, 4.69) is 12.1 Å². The molecule has 0 spiro atoms. The molecule has 0 saturated heterocycles. The summed E-state index contributed by atoms with van der Waals surface area (Å²) in [6.07, 6.45) is 0. The van der Waals surface area contributed by atoms with Gasteiger partial charge < -0.3 is 37.9 Å². The highest BCUT2D eigenvalue weighted by atomic mass is 32.1. The van der Waals surface area contributed by atoms with Crippen molar-refractivity contribution in [3.63, 3.8) is 0 Å². The Hall–Kier alpha value is -4.30. The summed E-state index contributed by atoms with van der Waals surface area (Å²) in [6.45, 7) is 4.77. The number of ether oxygens (including phenoxy) is 8. The van der Waals surface area contributed by atoms with Gasteiger partial charge in [-0.05, 0) is 60.7 Å². The number of para-hydroxylation sites is 2. The highest BCUT2D eigenvalue weighted by molar-refractivity contribution is 7.22. The van der Waals surface area contributed by atoms with Gasteiger partial charge in [0.15, 0.2) is 23.0 Å². The van der Waals surface area contributed by atoms with Gasteiger partial charge in [0.1, 0.15) is 36.4 Å². The van der Waals surface area contributed by atoms with Crippen molar-refractivity contribution in [3.05, 3.63) is 84.9 Å². The van der Waals surface area contributed by atoms with E-state index in [1.807, 2.05) is 72.8 Å². The summed E-state index contributed by atoms with van der Waals surface area (Å²) < 4.78 is 49.8. The van der Waals surface area contributed by atoms with E-state index in [4.69, 9.17) is 47.9 Å². The molecule has 1 aliphatic rings. The topological polar surface area (TPSA) is 99.6 Å². The van der Waals surface area contributed by atoms with E-state index >= 15 is 0 Å². The Kier molecular flexibility index (Phi) is 12.0. The van der Waals surface area contributed by atoms with Gasteiger partial charge in [0.25, 0.3) is 0 Å². The molecule has 0 amide bonds. The van der Waals surface area contributed by atoms with Gasteiger partial charge in [0.2, 0.25) is 0 Å². The fraction of sp³-hybridized carbons (Fsp3) is 0.316. The monoisotopic (exact) mass is 714 g/mol. The lowest BCUT2D eigenvalue weighted by Crippen LogP contribution is -2.15. The lowest BCUT2D eigenvalue weighted by molar-refractivity contribution is 0.0223. The molecular weight excluding hydrogens is 677 g/mol. The van der Waals surface area contributed by atoms with Gasteiger partial charge in [-0.15, -0.1) is 22.7 Å². The third-order valence-electron chi connectivity index (χ3n) is 7.65. The van der Waals surface area contributed by atoms with Crippen LogP contribution in [0.1, 0.15) is 0 Å². The molecule has 0 bridgehead atoms. The highest BCUT2D eigenvalue weighted by Crippen LogP contribution is 2.37. The maximum absolute atomic E-state index is 6.14. The van der Waals surface area contributed by atoms with E-state index in [0.717, 1.165) is 41.6 Å². The molecule has 1 aliphatic heterocycles. The van der Waals surface area contributed by atoms with Crippen molar-refractivity contribution in [2.24, 2.45) is 0 Å². The smallest absolute Gasteiger partial charge is 0.161 e. The van der Waals surface area contributed by atoms with Gasteiger partial charge in [-0.3, -0.25) is 0 Å². The fourth-order valence-electron chi connectivity index (χ4n) is 5.22. The van der Waals surface area contributed by atoms with Gasteiger partial charge in [-0.1, -0.05) is 24.3 Å². The summed E-state index contributed by atoms with van der Waals surface area (Å²) in [5.41, 5.74) is 3.88. The van der Waals surface area contributed by atoms with Crippen molar-refractivity contribution in [2.45, 2.75) is 0 Å². The summed E-state index contributed by atoms with van der Waals surface area (Å²) in [4.78, 5) is 9.60. The number of aromatic nitrogens is 2. The number of nitrogens with zero attached hydrogens (tertiary/aromatic N) is 2. The second-order valence-electron chi connectivity index (χ2n) is 11.1. The zero-order valence-electron chi connectivity index (χ0n) is 27.5. The zero-order chi connectivity index (χ0) is 33.8. The quantitative estimate of drug-likeness (QED) is 0.179. The molecule has 7 rings (SSSR count). The van der Waals surface area contributed by atoms with Crippen molar-refractivity contribution in [1.82, 2.24) is 9.97 Å². The molecule has 0 unspecified atom stereocenters. The predicted molar refractivity (Wildman–Crippen MR) is 195 cm³/mol. The largest absolute Gasteiger partial charge is 0.487 e. The molecular formula is C38H38N2O8S2. The summed E-state index contributed by atoms with van der Waals surface area (Å²) in [7, 11) is 0. The van der Waals surface area contributed by atoms with Crippen LogP contribution in [0.5, 0.6) is 23.0 Å². The minimum Gasteiger partial charge on any atom is -0.487 e. The Morgan fingerprint density at radius 3 is 1.14 bits per heavy atom. The molecule has 0 N–H and O–H groups in total. The van der Waals surface area contributed by atoms with Crippen molar-refractivity contribution in [1.29, 1.82) is 0 Å². The van der Waals surface area contributed by atoms with E-state index in [1.54, 1.807) is 22.7 Å². The standard InChI is InChI=1S/C38H38N2O8S2/c1-3-7-35-29(5-1)39-37(49-35)27-9-11-31-33(25-27)47-23-19-43-15-16-44-20-24-48-34-26-28(38-40-30-6-2-4-8-36(30)50-38)10-12-32(34)46-22-18-42-14-13-41-17-21-45-31/h1-12,25-26H,13-24H2. The maximum atomic E-state index is 6.14. The Labute approximate surface area is 298 Å². The summed E-state index contributed by atoms with van der Waals surface area (Å²) in [5, 5.41) is 1.84. The molecule has 260 valence electrons. The van der Waals surface area contributed by atoms with Crippen LogP contribution >= 0.6 is 22.7 Å². The van der Waals surface area contributed by atoms with Gasteiger partial charge in [0.05, 0.1) is 73.3 Å². The first kappa shape index (κ1) is 34.2. The summed E-state index contributed by atoms with van der Waals surface area (Å²) in [5.74, 6) is 2.53. The van der Waals surface area contributed by atoms with E-state index < -0.39 is 0 Å². The Bertz CT molecular complexity index is 1770. The molecule has 3 heterocycles. The van der Waals surface area contributed by atoms with E-state index in [9.17, 15) is 0 Å². The van der Waals surface area contributed by atoms with Crippen LogP contribution in [-0.4, -0.2) is 89.3 Å². The van der Waals surface area contributed by atoms with Crippen LogP contribution in [0.2, 0.25) is 0 Å². The van der Waals surface area contributed by atoms with Crippen LogP contribution in [0.25, 0.3) is 41.6 Å². The van der Waals surface area contributed by atoms with Gasteiger partial charge in [-0.2, -0.15) is 0 Å². The molecule has 0 atom stereocenters. The van der Waals surface area contributed by atoms with Crippen LogP contribution in [0.3, 0.4) is 0 Å². The normalized spacial score (nSPS) is 16.2. The van der Waals surface area contributed by atoms with E-state index in [1.165, 1.54) is 0 Å². The molecule has 6 aromatic rings. The third-order valence-corrected chi connectivity index (χ3v) is 9.83. The second-order valence-corrected chi connectivity index (χ2v) is 13.2. The minimum atomic E-state index is 0.352.